The van der Waals surface area contributed by atoms with Gasteiger partial charge in [0.1, 0.15) is 22.9 Å². The van der Waals surface area contributed by atoms with Crippen molar-refractivity contribution < 1.29 is 8.78 Å². The fourth-order valence-electron chi connectivity index (χ4n) is 5.76. The van der Waals surface area contributed by atoms with E-state index >= 15 is 0 Å². The van der Waals surface area contributed by atoms with Crippen LogP contribution < -0.4 is 5.32 Å². The number of imidazole rings is 1. The van der Waals surface area contributed by atoms with Gasteiger partial charge in [0, 0.05) is 23.8 Å². The molecule has 4 heterocycles. The number of nitrogens with one attached hydrogen (secondary N) is 1. The Labute approximate surface area is 228 Å². The van der Waals surface area contributed by atoms with Crippen LogP contribution >= 0.6 is 0 Å². The van der Waals surface area contributed by atoms with Gasteiger partial charge in [-0.3, -0.25) is 0 Å². The van der Waals surface area contributed by atoms with Crippen LogP contribution in [0.5, 0.6) is 0 Å². The van der Waals surface area contributed by atoms with E-state index in [0.717, 1.165) is 19.3 Å². The molecule has 1 fully saturated rings. The van der Waals surface area contributed by atoms with Crippen LogP contribution in [0.2, 0.25) is 0 Å². The Bertz CT molecular complexity index is 1450. The van der Waals surface area contributed by atoms with Gasteiger partial charge in [-0.15, -0.1) is 0 Å². The summed E-state index contributed by atoms with van der Waals surface area (Å²) >= 11 is 0. The summed E-state index contributed by atoms with van der Waals surface area (Å²) in [6.07, 6.45) is 5.37. The number of pyridine rings is 1. The molecule has 0 amide bonds. The summed E-state index contributed by atoms with van der Waals surface area (Å²) in [5.41, 5.74) is 2.41. The highest BCUT2D eigenvalue weighted by Crippen LogP contribution is 2.33. The molecule has 1 N–H and O–H groups in total. The second kappa shape index (κ2) is 11.0. The summed E-state index contributed by atoms with van der Waals surface area (Å²) in [6, 6.07) is 7.65. The van der Waals surface area contributed by atoms with Crippen LogP contribution in [-0.4, -0.2) is 48.5 Å². The molecule has 0 spiro atoms. The first-order valence-electron chi connectivity index (χ1n) is 13.8. The molecule has 0 unspecified atom stereocenters. The number of nitrogens with zero attached hydrogens (tertiary/aromatic N) is 6. The second-order valence-corrected chi connectivity index (χ2v) is 11.2. The van der Waals surface area contributed by atoms with Gasteiger partial charge in [0.2, 0.25) is 5.95 Å². The first-order chi connectivity index (χ1) is 18.6. The van der Waals surface area contributed by atoms with Gasteiger partial charge in [0.15, 0.2) is 11.6 Å². The Kier molecular flexibility index (Phi) is 7.62. The molecule has 3 aromatic heterocycles. The lowest BCUT2D eigenvalue weighted by molar-refractivity contribution is 0.139. The highest BCUT2D eigenvalue weighted by atomic mass is 19.1. The molecule has 206 valence electrons. The Morgan fingerprint density at radius 2 is 1.64 bits per heavy atom. The molecular weight excluding hydrogens is 496 g/mol. The number of halogens is 2. The van der Waals surface area contributed by atoms with Crippen LogP contribution in [0.25, 0.3) is 22.3 Å². The summed E-state index contributed by atoms with van der Waals surface area (Å²) in [7, 11) is 0. The number of hydrogen-bond donors (Lipinski definition) is 1. The Hall–Kier alpha value is -3.46. The Balaban J connectivity index is 1.35. The average molecular weight is 534 g/mol. The van der Waals surface area contributed by atoms with Crippen molar-refractivity contribution in [2.45, 2.75) is 72.4 Å². The summed E-state index contributed by atoms with van der Waals surface area (Å²) in [4.78, 5) is 20.0. The number of benzene rings is 1. The second-order valence-electron chi connectivity index (χ2n) is 11.2. The number of rotatable bonds is 7. The van der Waals surface area contributed by atoms with Crippen LogP contribution in [0, 0.1) is 24.5 Å². The van der Waals surface area contributed by atoms with Crippen LogP contribution in [0.3, 0.4) is 0 Å². The number of aryl methyl sites for hydroxylation is 1. The third kappa shape index (κ3) is 5.50. The third-order valence-corrected chi connectivity index (χ3v) is 8.02. The first-order valence-corrected chi connectivity index (χ1v) is 13.8. The highest BCUT2D eigenvalue weighted by Gasteiger charge is 2.26. The Morgan fingerprint density at radius 1 is 0.897 bits per heavy atom. The van der Waals surface area contributed by atoms with E-state index in [1.165, 1.54) is 24.5 Å². The predicted molar refractivity (Wildman–Crippen MR) is 151 cm³/mol. The lowest BCUT2D eigenvalue weighted by atomic mass is 9.81. The number of aromatic nitrogens is 5. The van der Waals surface area contributed by atoms with E-state index in [-0.39, 0.29) is 23.2 Å². The fraction of sp³-hybridized carbons (Fsp3) is 0.467. The van der Waals surface area contributed by atoms with Gasteiger partial charge in [0.05, 0.1) is 11.7 Å². The van der Waals surface area contributed by atoms with E-state index in [9.17, 15) is 8.78 Å². The number of hydrogen-bond acceptors (Lipinski definition) is 6. The van der Waals surface area contributed by atoms with Gasteiger partial charge in [-0.1, -0.05) is 13.0 Å². The van der Waals surface area contributed by atoms with E-state index in [0.29, 0.717) is 40.6 Å². The quantitative estimate of drug-likeness (QED) is 0.275. The molecule has 1 saturated heterocycles. The normalized spacial score (nSPS) is 15.9. The van der Waals surface area contributed by atoms with Gasteiger partial charge in [-0.05, 0) is 96.1 Å². The molecule has 7 nitrogen and oxygen atoms in total. The zero-order valence-electron chi connectivity index (χ0n) is 23.5. The van der Waals surface area contributed by atoms with E-state index < -0.39 is 11.6 Å². The molecule has 0 bridgehead atoms. The van der Waals surface area contributed by atoms with Gasteiger partial charge in [-0.2, -0.15) is 0 Å². The smallest absolute Gasteiger partial charge is 0.229 e. The predicted octanol–water partition coefficient (Wildman–Crippen LogP) is 7.02. The van der Waals surface area contributed by atoms with Crippen molar-refractivity contribution in [3.05, 3.63) is 59.7 Å². The monoisotopic (exact) mass is 533 g/mol. The zero-order chi connectivity index (χ0) is 27.8. The maximum absolute atomic E-state index is 15.0. The molecule has 1 atom stereocenters. The largest absolute Gasteiger partial charge is 0.326 e. The molecule has 9 heteroatoms. The molecule has 0 radical (unpaired) electrons. The van der Waals surface area contributed by atoms with Crippen molar-refractivity contribution in [3.63, 3.8) is 0 Å². The number of anilines is 2. The SMILES string of the molecule is Cc1nc2c(F)cc(-c3nc(Nc4ccc([C@H](C)C5CCN(C(C)C)CC5)cn4)ncc3F)cc2n1C(C)C. The average Bonchev–Trinajstić information content (AvgIpc) is 3.26. The van der Waals surface area contributed by atoms with E-state index in [4.69, 9.17) is 0 Å². The van der Waals surface area contributed by atoms with Crippen molar-refractivity contribution in [1.82, 2.24) is 29.4 Å². The van der Waals surface area contributed by atoms with Crippen molar-refractivity contribution in [2.75, 3.05) is 18.4 Å². The summed E-state index contributed by atoms with van der Waals surface area (Å²) in [5, 5.41) is 3.07. The maximum atomic E-state index is 15.0. The van der Waals surface area contributed by atoms with E-state index in [2.05, 4.69) is 57.0 Å². The number of piperidine rings is 1. The topological polar surface area (TPSA) is 71.8 Å². The standard InChI is InChI=1S/C30H37F2N7/c1-17(2)38-11-9-21(10-12-38)19(5)22-7-8-27(33-15-22)36-30-34-16-25(32)28(37-30)23-13-24(31)29-26(14-23)39(18(3)4)20(6)35-29/h7-8,13-19,21H,9-12H2,1-6H3,(H,33,34,36,37)/t19-/m1/s1. The van der Waals surface area contributed by atoms with Gasteiger partial charge >= 0.3 is 0 Å². The van der Waals surface area contributed by atoms with Gasteiger partial charge in [-0.25, -0.2) is 28.7 Å². The minimum atomic E-state index is -0.632. The van der Waals surface area contributed by atoms with Crippen LogP contribution in [-0.2, 0) is 0 Å². The molecule has 39 heavy (non-hydrogen) atoms. The van der Waals surface area contributed by atoms with Gasteiger partial charge < -0.3 is 14.8 Å². The molecule has 1 aliphatic rings. The molecule has 4 aromatic rings. The third-order valence-electron chi connectivity index (χ3n) is 8.02. The molecule has 1 aromatic carbocycles. The molecule has 0 aliphatic carbocycles. The summed E-state index contributed by atoms with van der Waals surface area (Å²) in [5.74, 6) is 1.36. The first kappa shape index (κ1) is 27.1. The molecule has 1 aliphatic heterocycles. The molecular formula is C30H37F2N7. The summed E-state index contributed by atoms with van der Waals surface area (Å²) in [6.45, 7) is 14.9. The van der Waals surface area contributed by atoms with E-state index in [1.807, 2.05) is 37.6 Å². The minimum Gasteiger partial charge on any atom is -0.326 e. The lowest BCUT2D eigenvalue weighted by Crippen LogP contribution is -2.39. The zero-order valence-corrected chi connectivity index (χ0v) is 23.5. The molecule has 5 rings (SSSR count). The van der Waals surface area contributed by atoms with E-state index in [1.54, 1.807) is 6.07 Å². The van der Waals surface area contributed by atoms with Gasteiger partial charge in [0.25, 0.3) is 0 Å². The highest BCUT2D eigenvalue weighted by molar-refractivity contribution is 5.83. The van der Waals surface area contributed by atoms with Crippen molar-refractivity contribution >= 4 is 22.8 Å². The van der Waals surface area contributed by atoms with Crippen LogP contribution in [0.4, 0.5) is 20.5 Å². The van der Waals surface area contributed by atoms with Crippen molar-refractivity contribution in [2.24, 2.45) is 5.92 Å². The van der Waals surface area contributed by atoms with Crippen LogP contribution in [0.1, 0.15) is 70.8 Å². The number of likely N-dealkylation sites (tertiary alicyclic amines) is 1. The maximum Gasteiger partial charge on any atom is 0.229 e. The Morgan fingerprint density at radius 3 is 2.28 bits per heavy atom. The summed E-state index contributed by atoms with van der Waals surface area (Å²) < 4.78 is 31.8. The minimum absolute atomic E-state index is 0.0143. The van der Waals surface area contributed by atoms with Crippen molar-refractivity contribution in [3.8, 4) is 11.3 Å². The number of fused-ring (bicyclic) bond motifs is 1. The van der Waals surface area contributed by atoms with Crippen LogP contribution in [0.15, 0.2) is 36.7 Å². The van der Waals surface area contributed by atoms with Crippen molar-refractivity contribution in [1.29, 1.82) is 0 Å². The molecule has 0 saturated carbocycles. The lowest BCUT2D eigenvalue weighted by Gasteiger charge is -2.37. The fourth-order valence-corrected chi connectivity index (χ4v) is 5.76.